The molecular formula is C19H29N. The normalized spacial score (nSPS) is 33.7. The van der Waals surface area contributed by atoms with Gasteiger partial charge in [0.2, 0.25) is 0 Å². The molecule has 0 amide bonds. The molecule has 2 atom stereocenters. The summed E-state index contributed by atoms with van der Waals surface area (Å²) in [7, 11) is 0. The van der Waals surface area contributed by atoms with Crippen LogP contribution in [0.5, 0.6) is 0 Å². The van der Waals surface area contributed by atoms with Crippen LogP contribution in [0.3, 0.4) is 0 Å². The summed E-state index contributed by atoms with van der Waals surface area (Å²) in [6.45, 7) is 5.95. The summed E-state index contributed by atoms with van der Waals surface area (Å²) >= 11 is 0. The molecule has 0 saturated heterocycles. The average molecular weight is 271 g/mol. The fraction of sp³-hybridized carbons (Fsp3) is 0.684. The lowest BCUT2D eigenvalue weighted by Crippen LogP contribution is -2.43. The lowest BCUT2D eigenvalue weighted by Gasteiger charge is -2.39. The number of hydrogen-bond donors (Lipinski definition) is 1. The Hall–Kier alpha value is -0.820. The topological polar surface area (TPSA) is 12.0 Å². The second-order valence-electron chi connectivity index (χ2n) is 7.15. The third kappa shape index (κ3) is 3.09. The molecule has 2 saturated carbocycles. The highest BCUT2D eigenvalue weighted by atomic mass is 14.9. The van der Waals surface area contributed by atoms with Crippen LogP contribution in [-0.2, 0) is 0 Å². The van der Waals surface area contributed by atoms with Crippen molar-refractivity contribution in [2.45, 2.75) is 64.3 Å². The lowest BCUT2D eigenvalue weighted by molar-refractivity contribution is 0.213. The maximum Gasteiger partial charge on any atom is 0.00788 e. The third-order valence-electron chi connectivity index (χ3n) is 5.72. The zero-order valence-corrected chi connectivity index (χ0v) is 13.1. The van der Waals surface area contributed by atoms with Crippen LogP contribution < -0.4 is 5.32 Å². The first-order chi connectivity index (χ1) is 9.74. The summed E-state index contributed by atoms with van der Waals surface area (Å²) in [5.74, 6) is 2.67. The minimum atomic E-state index is 0.772. The first-order valence-corrected chi connectivity index (χ1v) is 8.53. The predicted molar refractivity (Wildman–Crippen MR) is 86.1 cm³/mol. The van der Waals surface area contributed by atoms with Crippen LogP contribution in [0, 0.1) is 18.8 Å². The van der Waals surface area contributed by atoms with Crippen molar-refractivity contribution in [3.63, 3.8) is 0 Å². The van der Waals surface area contributed by atoms with E-state index in [1.54, 1.807) is 5.56 Å². The van der Waals surface area contributed by atoms with E-state index < -0.39 is 0 Å². The summed E-state index contributed by atoms with van der Waals surface area (Å²) in [6.07, 6.45) is 8.48. The molecule has 1 heteroatoms. The van der Waals surface area contributed by atoms with Gasteiger partial charge in [-0.2, -0.15) is 0 Å². The van der Waals surface area contributed by atoms with Crippen LogP contribution in [0.2, 0.25) is 0 Å². The minimum Gasteiger partial charge on any atom is -0.314 e. The maximum absolute atomic E-state index is 3.84. The standard InChI is InChI=1S/C19H29N/c1-14-7-3-5-9-16(14)13-20-18-11-17(12-18)19-10-6-4-8-15(19)2/h4,6,8,10,14,16-18,20H,3,5,7,9,11-13H2,1-2H3. The van der Waals surface area contributed by atoms with Gasteiger partial charge in [0.05, 0.1) is 0 Å². The Bertz CT molecular complexity index is 433. The van der Waals surface area contributed by atoms with Crippen LogP contribution in [-0.4, -0.2) is 12.6 Å². The van der Waals surface area contributed by atoms with E-state index >= 15 is 0 Å². The molecule has 1 aromatic rings. The van der Waals surface area contributed by atoms with Crippen molar-refractivity contribution in [3.05, 3.63) is 35.4 Å². The van der Waals surface area contributed by atoms with Crippen LogP contribution in [0.4, 0.5) is 0 Å². The minimum absolute atomic E-state index is 0.772. The molecule has 2 aliphatic rings. The lowest BCUT2D eigenvalue weighted by atomic mass is 9.74. The average Bonchev–Trinajstić information content (AvgIpc) is 2.41. The number of hydrogen-bond acceptors (Lipinski definition) is 1. The van der Waals surface area contributed by atoms with Gasteiger partial charge in [0.1, 0.15) is 0 Å². The fourth-order valence-corrected chi connectivity index (χ4v) is 4.10. The Balaban J connectivity index is 1.43. The highest BCUT2D eigenvalue weighted by molar-refractivity contribution is 5.31. The molecule has 1 nitrogen and oxygen atoms in total. The molecule has 1 N–H and O–H groups in total. The highest BCUT2D eigenvalue weighted by Gasteiger charge is 2.31. The van der Waals surface area contributed by atoms with Crippen LogP contribution in [0.1, 0.15) is 62.5 Å². The summed E-state index contributed by atoms with van der Waals surface area (Å²) in [4.78, 5) is 0. The van der Waals surface area contributed by atoms with Gasteiger partial charge >= 0.3 is 0 Å². The molecule has 20 heavy (non-hydrogen) atoms. The SMILES string of the molecule is Cc1ccccc1C1CC(NCC2CCCCC2C)C1. The molecule has 0 bridgehead atoms. The van der Waals surface area contributed by atoms with Crippen LogP contribution >= 0.6 is 0 Å². The Morgan fingerprint density at radius 1 is 1.10 bits per heavy atom. The van der Waals surface area contributed by atoms with Gasteiger partial charge in [-0.1, -0.05) is 50.5 Å². The van der Waals surface area contributed by atoms with E-state index in [0.29, 0.717) is 0 Å². The first kappa shape index (κ1) is 14.1. The smallest absolute Gasteiger partial charge is 0.00788 e. The molecule has 110 valence electrons. The van der Waals surface area contributed by atoms with Gasteiger partial charge < -0.3 is 5.32 Å². The molecule has 0 radical (unpaired) electrons. The van der Waals surface area contributed by atoms with E-state index in [1.807, 2.05) is 0 Å². The second-order valence-corrected chi connectivity index (χ2v) is 7.15. The van der Waals surface area contributed by atoms with Crippen molar-refractivity contribution in [3.8, 4) is 0 Å². The first-order valence-electron chi connectivity index (χ1n) is 8.53. The fourth-order valence-electron chi connectivity index (χ4n) is 4.10. The third-order valence-corrected chi connectivity index (χ3v) is 5.72. The van der Waals surface area contributed by atoms with E-state index in [-0.39, 0.29) is 0 Å². The monoisotopic (exact) mass is 271 g/mol. The van der Waals surface area contributed by atoms with Gasteiger partial charge in [0.15, 0.2) is 0 Å². The molecule has 0 aromatic heterocycles. The zero-order chi connectivity index (χ0) is 13.9. The van der Waals surface area contributed by atoms with Gasteiger partial charge in [-0.15, -0.1) is 0 Å². The van der Waals surface area contributed by atoms with E-state index in [1.165, 1.54) is 50.6 Å². The maximum atomic E-state index is 3.84. The molecule has 3 rings (SSSR count). The number of aryl methyl sites for hydroxylation is 1. The Morgan fingerprint density at radius 2 is 1.85 bits per heavy atom. The quantitative estimate of drug-likeness (QED) is 0.840. The Labute approximate surface area is 124 Å². The molecule has 2 unspecified atom stereocenters. The van der Waals surface area contributed by atoms with Gasteiger partial charge in [-0.25, -0.2) is 0 Å². The van der Waals surface area contributed by atoms with Crippen molar-refractivity contribution in [2.24, 2.45) is 11.8 Å². The predicted octanol–water partition coefficient (Wildman–Crippen LogP) is 4.66. The Morgan fingerprint density at radius 3 is 2.60 bits per heavy atom. The van der Waals surface area contributed by atoms with Crippen LogP contribution in [0.25, 0.3) is 0 Å². The molecule has 0 heterocycles. The molecule has 1 aromatic carbocycles. The second kappa shape index (κ2) is 6.30. The van der Waals surface area contributed by atoms with Crippen molar-refractivity contribution in [1.82, 2.24) is 5.32 Å². The van der Waals surface area contributed by atoms with Gasteiger partial charge in [0, 0.05) is 6.04 Å². The van der Waals surface area contributed by atoms with E-state index in [2.05, 4.69) is 43.4 Å². The molecule has 2 fully saturated rings. The summed E-state index contributed by atoms with van der Waals surface area (Å²) in [5.41, 5.74) is 3.05. The van der Waals surface area contributed by atoms with Gasteiger partial charge in [-0.05, 0) is 61.6 Å². The van der Waals surface area contributed by atoms with E-state index in [4.69, 9.17) is 0 Å². The molecular weight excluding hydrogens is 242 g/mol. The van der Waals surface area contributed by atoms with E-state index in [9.17, 15) is 0 Å². The van der Waals surface area contributed by atoms with Crippen molar-refractivity contribution >= 4 is 0 Å². The van der Waals surface area contributed by atoms with Gasteiger partial charge in [0.25, 0.3) is 0 Å². The molecule has 2 aliphatic carbocycles. The van der Waals surface area contributed by atoms with Crippen molar-refractivity contribution in [2.75, 3.05) is 6.54 Å². The highest BCUT2D eigenvalue weighted by Crippen LogP contribution is 2.38. The van der Waals surface area contributed by atoms with Gasteiger partial charge in [-0.3, -0.25) is 0 Å². The van der Waals surface area contributed by atoms with E-state index in [0.717, 1.165) is 23.8 Å². The zero-order valence-electron chi connectivity index (χ0n) is 13.1. The number of nitrogens with one attached hydrogen (secondary N) is 1. The Kier molecular flexibility index (Phi) is 4.45. The summed E-state index contributed by atoms with van der Waals surface area (Å²) < 4.78 is 0. The number of rotatable bonds is 4. The van der Waals surface area contributed by atoms with Crippen LogP contribution in [0.15, 0.2) is 24.3 Å². The summed E-state index contributed by atoms with van der Waals surface area (Å²) in [5, 5.41) is 3.84. The van der Waals surface area contributed by atoms with Crippen molar-refractivity contribution in [1.29, 1.82) is 0 Å². The summed E-state index contributed by atoms with van der Waals surface area (Å²) in [6, 6.07) is 9.68. The molecule has 0 spiro atoms. The largest absolute Gasteiger partial charge is 0.314 e. The van der Waals surface area contributed by atoms with Crippen molar-refractivity contribution < 1.29 is 0 Å². The molecule has 0 aliphatic heterocycles. The number of benzene rings is 1.